The van der Waals surface area contributed by atoms with E-state index < -0.39 is 11.3 Å². The highest BCUT2D eigenvalue weighted by Gasteiger charge is 2.17. The maximum Gasteiger partial charge on any atom is 0.280 e. The van der Waals surface area contributed by atoms with Crippen LogP contribution in [0.5, 0.6) is 0 Å². The number of nitrogens with zero attached hydrogens (tertiary/aromatic N) is 3. The molecular formula is C24H26N4O2. The summed E-state index contributed by atoms with van der Waals surface area (Å²) in [5.41, 5.74) is 2.74. The SMILES string of the molecule is Cc1cc(=O)c(C(=O)Nc2ccc(N3CCC(C)CC3)cc2)nn1-c1ccccc1. The predicted octanol–water partition coefficient (Wildman–Crippen LogP) is 4.03. The maximum absolute atomic E-state index is 12.8. The van der Waals surface area contributed by atoms with E-state index in [2.05, 4.69) is 22.2 Å². The van der Waals surface area contributed by atoms with Crippen LogP contribution in [-0.4, -0.2) is 28.8 Å². The van der Waals surface area contributed by atoms with Gasteiger partial charge in [0, 0.05) is 36.2 Å². The highest BCUT2D eigenvalue weighted by atomic mass is 16.2. The molecular weight excluding hydrogens is 376 g/mol. The summed E-state index contributed by atoms with van der Waals surface area (Å²) in [4.78, 5) is 27.5. The number of amides is 1. The van der Waals surface area contributed by atoms with Crippen LogP contribution >= 0.6 is 0 Å². The molecule has 0 radical (unpaired) electrons. The molecule has 0 aliphatic carbocycles. The Hall–Kier alpha value is -3.41. The van der Waals surface area contributed by atoms with Gasteiger partial charge in [0.2, 0.25) is 5.43 Å². The second-order valence-electron chi connectivity index (χ2n) is 7.92. The molecule has 3 aromatic rings. The molecule has 6 nitrogen and oxygen atoms in total. The van der Waals surface area contributed by atoms with Crippen molar-refractivity contribution in [3.05, 3.63) is 82.3 Å². The second kappa shape index (κ2) is 8.53. The van der Waals surface area contributed by atoms with E-state index in [0.29, 0.717) is 11.4 Å². The van der Waals surface area contributed by atoms with Crippen LogP contribution in [-0.2, 0) is 0 Å². The maximum atomic E-state index is 12.8. The summed E-state index contributed by atoms with van der Waals surface area (Å²) in [5.74, 6) is 0.269. The van der Waals surface area contributed by atoms with E-state index in [0.717, 1.165) is 30.4 Å². The van der Waals surface area contributed by atoms with E-state index in [1.165, 1.54) is 18.9 Å². The number of aromatic nitrogens is 2. The Morgan fingerprint density at radius 2 is 1.67 bits per heavy atom. The number of hydrogen-bond acceptors (Lipinski definition) is 4. The molecule has 2 aromatic carbocycles. The normalized spacial score (nSPS) is 14.5. The Labute approximate surface area is 176 Å². The largest absolute Gasteiger partial charge is 0.372 e. The van der Waals surface area contributed by atoms with Crippen LogP contribution in [0.15, 0.2) is 65.5 Å². The molecule has 30 heavy (non-hydrogen) atoms. The van der Waals surface area contributed by atoms with Gasteiger partial charge in [-0.15, -0.1) is 0 Å². The van der Waals surface area contributed by atoms with Crippen LogP contribution in [0.4, 0.5) is 11.4 Å². The van der Waals surface area contributed by atoms with Crippen LogP contribution in [0.2, 0.25) is 0 Å². The van der Waals surface area contributed by atoms with Crippen molar-refractivity contribution in [1.29, 1.82) is 0 Å². The third-order valence-corrected chi connectivity index (χ3v) is 5.60. The molecule has 1 fully saturated rings. The highest BCUT2D eigenvalue weighted by Crippen LogP contribution is 2.24. The summed E-state index contributed by atoms with van der Waals surface area (Å²) in [6.07, 6.45) is 2.40. The molecule has 0 bridgehead atoms. The van der Waals surface area contributed by atoms with Crippen LogP contribution in [0.25, 0.3) is 5.69 Å². The van der Waals surface area contributed by atoms with Gasteiger partial charge in [-0.05, 0) is 62.1 Å². The number of benzene rings is 2. The lowest BCUT2D eigenvalue weighted by Gasteiger charge is -2.32. The van der Waals surface area contributed by atoms with Gasteiger partial charge < -0.3 is 10.2 Å². The molecule has 0 atom stereocenters. The fourth-order valence-corrected chi connectivity index (χ4v) is 3.75. The summed E-state index contributed by atoms with van der Waals surface area (Å²) < 4.78 is 1.61. The van der Waals surface area contributed by atoms with Gasteiger partial charge in [0.05, 0.1) is 5.69 Å². The number of rotatable bonds is 4. The van der Waals surface area contributed by atoms with Crippen LogP contribution in [0.1, 0.15) is 35.9 Å². The first-order chi connectivity index (χ1) is 14.5. The number of carbonyl (C=O) groups is 1. The number of anilines is 2. The van der Waals surface area contributed by atoms with E-state index in [1.807, 2.05) is 54.6 Å². The van der Waals surface area contributed by atoms with E-state index in [9.17, 15) is 9.59 Å². The van der Waals surface area contributed by atoms with Gasteiger partial charge in [-0.1, -0.05) is 25.1 Å². The molecule has 0 saturated carbocycles. The number of hydrogen-bond donors (Lipinski definition) is 1. The second-order valence-corrected chi connectivity index (χ2v) is 7.92. The smallest absolute Gasteiger partial charge is 0.280 e. The average Bonchev–Trinajstić information content (AvgIpc) is 2.75. The first kappa shape index (κ1) is 19.9. The van der Waals surface area contributed by atoms with Crippen LogP contribution in [0.3, 0.4) is 0 Å². The Kier molecular flexibility index (Phi) is 5.65. The van der Waals surface area contributed by atoms with E-state index >= 15 is 0 Å². The number of nitrogens with one attached hydrogen (secondary N) is 1. The van der Waals surface area contributed by atoms with Gasteiger partial charge in [-0.3, -0.25) is 9.59 Å². The first-order valence-electron chi connectivity index (χ1n) is 10.3. The number of aryl methyl sites for hydroxylation is 1. The van der Waals surface area contributed by atoms with Crippen LogP contribution in [0, 0.1) is 12.8 Å². The quantitative estimate of drug-likeness (QED) is 0.716. The van der Waals surface area contributed by atoms with Crippen molar-refractivity contribution < 1.29 is 4.79 Å². The van der Waals surface area contributed by atoms with E-state index in [4.69, 9.17) is 0 Å². The number of carbonyl (C=O) groups excluding carboxylic acids is 1. The molecule has 1 aliphatic rings. The molecule has 0 unspecified atom stereocenters. The zero-order valence-electron chi connectivity index (χ0n) is 17.3. The van der Waals surface area contributed by atoms with Crippen molar-refractivity contribution in [2.24, 2.45) is 5.92 Å². The molecule has 1 saturated heterocycles. The van der Waals surface area contributed by atoms with Crippen molar-refractivity contribution in [2.75, 3.05) is 23.3 Å². The lowest BCUT2D eigenvalue weighted by atomic mass is 9.99. The van der Waals surface area contributed by atoms with Gasteiger partial charge in [0.15, 0.2) is 5.69 Å². The average molecular weight is 402 g/mol. The van der Waals surface area contributed by atoms with Crippen LogP contribution < -0.4 is 15.6 Å². The topological polar surface area (TPSA) is 67.2 Å². The van der Waals surface area contributed by atoms with Crippen molar-refractivity contribution >= 4 is 17.3 Å². The molecule has 0 spiro atoms. The monoisotopic (exact) mass is 402 g/mol. The Bertz CT molecular complexity index is 1080. The Morgan fingerprint density at radius 3 is 2.33 bits per heavy atom. The molecule has 1 amide bonds. The summed E-state index contributed by atoms with van der Waals surface area (Å²) in [6.45, 7) is 6.20. The molecule has 1 aliphatic heterocycles. The summed E-state index contributed by atoms with van der Waals surface area (Å²) in [6, 6.07) is 18.6. The van der Waals surface area contributed by atoms with Gasteiger partial charge in [0.1, 0.15) is 0 Å². The number of para-hydroxylation sites is 1. The van der Waals surface area contributed by atoms with Gasteiger partial charge in [-0.25, -0.2) is 4.68 Å². The van der Waals surface area contributed by atoms with Gasteiger partial charge >= 0.3 is 0 Å². The predicted molar refractivity (Wildman–Crippen MR) is 120 cm³/mol. The molecule has 4 rings (SSSR count). The van der Waals surface area contributed by atoms with E-state index in [1.54, 1.807) is 11.6 Å². The molecule has 154 valence electrons. The third kappa shape index (κ3) is 4.27. The van der Waals surface area contributed by atoms with Gasteiger partial charge in [-0.2, -0.15) is 5.10 Å². The molecule has 1 N–H and O–H groups in total. The third-order valence-electron chi connectivity index (χ3n) is 5.60. The Balaban J connectivity index is 1.52. The minimum atomic E-state index is -0.510. The summed E-state index contributed by atoms with van der Waals surface area (Å²) in [5, 5.41) is 7.12. The number of piperidine rings is 1. The summed E-state index contributed by atoms with van der Waals surface area (Å²) in [7, 11) is 0. The molecule has 1 aromatic heterocycles. The van der Waals surface area contributed by atoms with E-state index in [-0.39, 0.29) is 5.69 Å². The zero-order valence-corrected chi connectivity index (χ0v) is 17.3. The van der Waals surface area contributed by atoms with Crippen molar-refractivity contribution in [2.45, 2.75) is 26.7 Å². The molecule has 2 heterocycles. The first-order valence-corrected chi connectivity index (χ1v) is 10.3. The lowest BCUT2D eigenvalue weighted by molar-refractivity contribution is 0.101. The Morgan fingerprint density at radius 1 is 1.00 bits per heavy atom. The molecule has 6 heteroatoms. The zero-order chi connectivity index (χ0) is 21.1. The van der Waals surface area contributed by atoms with Crippen molar-refractivity contribution in [3.63, 3.8) is 0 Å². The minimum Gasteiger partial charge on any atom is -0.372 e. The van der Waals surface area contributed by atoms with Crippen molar-refractivity contribution in [1.82, 2.24) is 9.78 Å². The standard InChI is InChI=1S/C24H26N4O2/c1-17-12-14-27(15-13-17)20-10-8-19(9-11-20)25-24(30)23-22(29)16-18(2)28(26-23)21-6-4-3-5-7-21/h3-11,16-17H,12-15H2,1-2H3,(H,25,30). The van der Waals surface area contributed by atoms with Crippen molar-refractivity contribution in [3.8, 4) is 5.69 Å². The fraction of sp³-hybridized carbons (Fsp3) is 0.292. The summed E-state index contributed by atoms with van der Waals surface area (Å²) >= 11 is 0. The lowest BCUT2D eigenvalue weighted by Crippen LogP contribution is -2.32. The fourth-order valence-electron chi connectivity index (χ4n) is 3.75. The minimum absolute atomic E-state index is 0.126. The van der Waals surface area contributed by atoms with Gasteiger partial charge in [0.25, 0.3) is 5.91 Å². The highest BCUT2D eigenvalue weighted by molar-refractivity contribution is 6.02.